The lowest BCUT2D eigenvalue weighted by Gasteiger charge is -2.15. The molecule has 0 aliphatic heterocycles. The number of rotatable bonds is 7. The van der Waals surface area contributed by atoms with Crippen LogP contribution in [0.5, 0.6) is 0 Å². The molecule has 1 fully saturated rings. The Morgan fingerprint density at radius 3 is 2.79 bits per heavy atom. The van der Waals surface area contributed by atoms with E-state index in [1.807, 2.05) is 0 Å². The van der Waals surface area contributed by atoms with E-state index in [9.17, 15) is 8.42 Å². The molecule has 0 spiro atoms. The van der Waals surface area contributed by atoms with Gasteiger partial charge in [0.25, 0.3) is 10.0 Å². The summed E-state index contributed by atoms with van der Waals surface area (Å²) in [6, 6.07) is 3.22. The van der Waals surface area contributed by atoms with Crippen molar-refractivity contribution in [3.05, 3.63) is 18.3 Å². The third kappa shape index (κ3) is 3.23. The molecule has 19 heavy (non-hydrogen) atoms. The summed E-state index contributed by atoms with van der Waals surface area (Å²) in [4.78, 5) is 3.90. The molecule has 1 saturated carbocycles. The van der Waals surface area contributed by atoms with Crippen LogP contribution in [0.15, 0.2) is 23.4 Å². The van der Waals surface area contributed by atoms with Crippen molar-refractivity contribution in [3.63, 3.8) is 0 Å². The van der Waals surface area contributed by atoms with E-state index in [1.165, 1.54) is 6.20 Å². The highest BCUT2D eigenvalue weighted by Crippen LogP contribution is 2.49. The highest BCUT2D eigenvalue weighted by Gasteiger charge is 2.42. The lowest BCUT2D eigenvalue weighted by atomic mass is 10.0. The van der Waals surface area contributed by atoms with Gasteiger partial charge in [-0.15, -0.1) is 0 Å². The molecule has 1 heterocycles. The van der Waals surface area contributed by atoms with Gasteiger partial charge in [-0.25, -0.2) is 18.1 Å². The van der Waals surface area contributed by atoms with Crippen molar-refractivity contribution in [2.75, 3.05) is 12.0 Å². The Hall–Kier alpha value is -1.18. The zero-order valence-electron chi connectivity index (χ0n) is 11.0. The average molecular weight is 284 g/mol. The molecular formula is C12H20N4O2S. The summed E-state index contributed by atoms with van der Waals surface area (Å²) < 4.78 is 27.1. The second kappa shape index (κ2) is 5.44. The predicted molar refractivity (Wildman–Crippen MR) is 73.8 cm³/mol. The molecule has 1 aromatic rings. The van der Waals surface area contributed by atoms with Gasteiger partial charge in [0.15, 0.2) is 5.03 Å². The van der Waals surface area contributed by atoms with Crippen LogP contribution >= 0.6 is 0 Å². The van der Waals surface area contributed by atoms with Crippen LogP contribution in [-0.2, 0) is 10.0 Å². The van der Waals surface area contributed by atoms with Gasteiger partial charge in [0.05, 0.1) is 5.69 Å². The Balaban J connectivity index is 2.10. The second-order valence-corrected chi connectivity index (χ2v) is 6.76. The van der Waals surface area contributed by atoms with Crippen LogP contribution in [0.3, 0.4) is 0 Å². The number of nitrogens with two attached hydrogens (primary N) is 1. The maximum Gasteiger partial charge on any atom is 0.260 e. The minimum absolute atomic E-state index is 0.0511. The zero-order valence-corrected chi connectivity index (χ0v) is 11.8. The number of nitrogens with zero attached hydrogens (tertiary/aromatic N) is 1. The zero-order chi connectivity index (χ0) is 13.9. The van der Waals surface area contributed by atoms with Gasteiger partial charge in [-0.05, 0) is 36.8 Å². The maximum absolute atomic E-state index is 12.2. The van der Waals surface area contributed by atoms with Gasteiger partial charge in [-0.3, -0.25) is 5.84 Å². The summed E-state index contributed by atoms with van der Waals surface area (Å²) in [6.07, 6.45) is 5.75. The first-order valence-corrected chi connectivity index (χ1v) is 7.93. The minimum Gasteiger partial charge on any atom is -0.321 e. The molecule has 0 aromatic carbocycles. The van der Waals surface area contributed by atoms with Crippen LogP contribution in [0.1, 0.15) is 32.6 Å². The Bertz CT molecular complexity index is 540. The number of hydrogen-bond donors (Lipinski definition) is 3. The molecule has 0 amide bonds. The summed E-state index contributed by atoms with van der Waals surface area (Å²) in [5, 5.41) is -0.0511. The number of pyridine rings is 1. The normalized spacial score (nSPS) is 17.2. The topological polar surface area (TPSA) is 97.1 Å². The smallest absolute Gasteiger partial charge is 0.260 e. The largest absolute Gasteiger partial charge is 0.321 e. The molecule has 0 unspecified atom stereocenters. The van der Waals surface area contributed by atoms with Gasteiger partial charge in [-0.2, -0.15) is 0 Å². The highest BCUT2D eigenvalue weighted by atomic mass is 32.2. The van der Waals surface area contributed by atoms with Crippen molar-refractivity contribution >= 4 is 15.7 Å². The number of nitrogen functional groups attached to an aromatic ring is 1. The number of sulfonamides is 1. The molecule has 0 bridgehead atoms. The number of anilines is 1. The van der Waals surface area contributed by atoms with E-state index in [-0.39, 0.29) is 10.4 Å². The molecule has 2 rings (SSSR count). The van der Waals surface area contributed by atoms with E-state index < -0.39 is 10.0 Å². The van der Waals surface area contributed by atoms with Crippen molar-refractivity contribution in [2.45, 2.75) is 37.6 Å². The molecule has 1 aliphatic carbocycles. The number of hydrogen-bond acceptors (Lipinski definition) is 5. The predicted octanol–water partition coefficient (Wildman–Crippen LogP) is 1.23. The molecule has 1 aromatic heterocycles. The molecule has 0 atom stereocenters. The molecule has 106 valence electrons. The van der Waals surface area contributed by atoms with E-state index in [4.69, 9.17) is 5.84 Å². The third-order valence-corrected chi connectivity index (χ3v) is 4.91. The summed E-state index contributed by atoms with van der Waals surface area (Å²) >= 11 is 0. The van der Waals surface area contributed by atoms with Crippen molar-refractivity contribution in [2.24, 2.45) is 11.3 Å². The van der Waals surface area contributed by atoms with Crippen LogP contribution in [-0.4, -0.2) is 19.9 Å². The summed E-state index contributed by atoms with van der Waals surface area (Å²) in [7, 11) is -3.62. The monoisotopic (exact) mass is 284 g/mol. The highest BCUT2D eigenvalue weighted by molar-refractivity contribution is 7.89. The first-order chi connectivity index (χ1) is 9.03. The summed E-state index contributed by atoms with van der Waals surface area (Å²) in [6.45, 7) is 2.59. The molecule has 0 saturated heterocycles. The number of nitrogens with one attached hydrogen (secondary N) is 2. The molecule has 4 N–H and O–H groups in total. The van der Waals surface area contributed by atoms with Crippen LogP contribution in [0, 0.1) is 5.41 Å². The molecule has 6 nitrogen and oxygen atoms in total. The average Bonchev–Trinajstić information content (AvgIpc) is 3.17. The van der Waals surface area contributed by atoms with E-state index in [0.29, 0.717) is 12.2 Å². The fourth-order valence-electron chi connectivity index (χ4n) is 2.25. The molecular weight excluding hydrogens is 264 g/mol. The van der Waals surface area contributed by atoms with Gasteiger partial charge in [0, 0.05) is 12.7 Å². The van der Waals surface area contributed by atoms with Gasteiger partial charge in [-0.1, -0.05) is 13.3 Å². The van der Waals surface area contributed by atoms with E-state index >= 15 is 0 Å². The first kappa shape index (κ1) is 14.2. The van der Waals surface area contributed by atoms with Gasteiger partial charge in [0.1, 0.15) is 0 Å². The number of hydrazine groups is 1. The van der Waals surface area contributed by atoms with Crippen LogP contribution in [0.25, 0.3) is 0 Å². The number of aromatic nitrogens is 1. The third-order valence-electron chi connectivity index (χ3n) is 3.56. The van der Waals surface area contributed by atoms with E-state index in [0.717, 1.165) is 25.7 Å². The van der Waals surface area contributed by atoms with Gasteiger partial charge in [0.2, 0.25) is 0 Å². The van der Waals surface area contributed by atoms with Crippen LogP contribution in [0.2, 0.25) is 0 Å². The maximum atomic E-state index is 12.2. The first-order valence-electron chi connectivity index (χ1n) is 6.44. The second-order valence-electron chi connectivity index (χ2n) is 5.08. The summed E-state index contributed by atoms with van der Waals surface area (Å²) in [5.74, 6) is 5.31. The Kier molecular flexibility index (Phi) is 4.07. The van der Waals surface area contributed by atoms with Crippen LogP contribution in [0.4, 0.5) is 5.69 Å². The van der Waals surface area contributed by atoms with Crippen molar-refractivity contribution in [1.82, 2.24) is 9.71 Å². The fraction of sp³-hybridized carbons (Fsp3) is 0.583. The quantitative estimate of drug-likeness (QED) is 0.517. The Labute approximate surface area is 113 Å². The summed E-state index contributed by atoms with van der Waals surface area (Å²) in [5.41, 5.74) is 2.82. The van der Waals surface area contributed by atoms with Crippen molar-refractivity contribution in [3.8, 4) is 0 Å². The van der Waals surface area contributed by atoms with E-state index in [2.05, 4.69) is 22.1 Å². The SMILES string of the molecule is CCCC1(CNS(=O)(=O)c2ncccc2NN)CC1. The van der Waals surface area contributed by atoms with Gasteiger partial charge >= 0.3 is 0 Å². The Morgan fingerprint density at radius 2 is 2.21 bits per heavy atom. The molecule has 7 heteroatoms. The van der Waals surface area contributed by atoms with Crippen molar-refractivity contribution < 1.29 is 8.42 Å². The molecule has 0 radical (unpaired) electrons. The fourth-order valence-corrected chi connectivity index (χ4v) is 3.50. The minimum atomic E-state index is -3.62. The molecule has 1 aliphatic rings. The van der Waals surface area contributed by atoms with Gasteiger partial charge < -0.3 is 5.43 Å². The lowest BCUT2D eigenvalue weighted by molar-refractivity contribution is 0.449. The van der Waals surface area contributed by atoms with Crippen molar-refractivity contribution in [1.29, 1.82) is 0 Å². The Morgan fingerprint density at radius 1 is 1.47 bits per heavy atom. The standard InChI is InChI=1S/C12H20N4O2S/c1-2-5-12(6-7-12)9-15-19(17,18)11-10(16-13)4-3-8-14-11/h3-4,8,15-16H,2,5-7,9,13H2,1H3. The van der Waals surface area contributed by atoms with Crippen LogP contribution < -0.4 is 16.0 Å². The lowest BCUT2D eigenvalue weighted by Crippen LogP contribution is -2.31. The van der Waals surface area contributed by atoms with E-state index in [1.54, 1.807) is 12.1 Å².